The predicted octanol–water partition coefficient (Wildman–Crippen LogP) is 1.91. The number of hydrazone groups is 1. The lowest BCUT2D eigenvalue weighted by atomic mass is 10.1. The van der Waals surface area contributed by atoms with Crippen LogP contribution in [-0.4, -0.2) is 47.2 Å². The number of benzene rings is 1. The van der Waals surface area contributed by atoms with Gasteiger partial charge in [0.25, 0.3) is 5.91 Å². The van der Waals surface area contributed by atoms with Crippen LogP contribution in [0.25, 0.3) is 0 Å². The Hall–Kier alpha value is -2.41. The molecule has 3 amide bonds. The number of carbonyl (C=O) groups excluding carboxylic acids is 2. The number of carbonyl (C=O) groups is 2. The summed E-state index contributed by atoms with van der Waals surface area (Å²) in [5.74, 6) is -0.228. The Bertz CT molecular complexity index is 676. The average Bonchev–Trinajstić information content (AvgIpc) is 2.77. The third-order valence-corrected chi connectivity index (χ3v) is 4.32. The van der Waals surface area contributed by atoms with Crippen LogP contribution in [0.1, 0.15) is 40.2 Å². The van der Waals surface area contributed by atoms with Crippen molar-refractivity contribution in [1.82, 2.24) is 10.3 Å². The number of nitrogens with two attached hydrogens (primary N) is 1. The predicted molar refractivity (Wildman–Crippen MR) is 99.6 cm³/mol. The molecule has 7 heteroatoms. The second kappa shape index (κ2) is 7.65. The zero-order valence-corrected chi connectivity index (χ0v) is 15.5. The van der Waals surface area contributed by atoms with Gasteiger partial charge in [-0.2, -0.15) is 5.10 Å². The number of nitrogens with zero attached hydrogens (tertiary/aromatic N) is 3. The highest BCUT2D eigenvalue weighted by molar-refractivity contribution is 6.54. The van der Waals surface area contributed by atoms with E-state index in [-0.39, 0.29) is 17.7 Å². The molecule has 0 radical (unpaired) electrons. The Morgan fingerprint density at radius 2 is 1.80 bits per heavy atom. The van der Waals surface area contributed by atoms with Crippen LogP contribution in [0, 0.1) is 0 Å². The van der Waals surface area contributed by atoms with Crippen LogP contribution < -0.4 is 16.1 Å². The topological polar surface area (TPSA) is 91.0 Å². The minimum Gasteiger partial charge on any atom is -0.350 e. The number of para-hydroxylation sites is 1. The Balaban J connectivity index is 2.31. The Labute approximate surface area is 148 Å². The molecule has 1 aliphatic rings. The lowest BCUT2D eigenvalue weighted by molar-refractivity contribution is -0.112. The summed E-state index contributed by atoms with van der Waals surface area (Å²) in [7, 11) is 0. The third-order valence-electron chi connectivity index (χ3n) is 4.32. The molecule has 1 aromatic carbocycles. The van der Waals surface area contributed by atoms with Crippen LogP contribution in [0.5, 0.6) is 0 Å². The lowest BCUT2D eigenvalue weighted by Gasteiger charge is -2.38. The molecule has 1 heterocycles. The zero-order chi connectivity index (χ0) is 18.7. The second-order valence-corrected chi connectivity index (χ2v) is 6.85. The lowest BCUT2D eigenvalue weighted by Crippen LogP contribution is -2.50. The molecule has 2 rings (SSSR count). The number of hydrogen-bond donors (Lipinski definition) is 2. The normalized spacial score (nSPS) is 16.9. The minimum atomic E-state index is -0.796. The molecule has 0 saturated carbocycles. The van der Waals surface area contributed by atoms with E-state index in [2.05, 4.69) is 50.0 Å². The van der Waals surface area contributed by atoms with Crippen molar-refractivity contribution < 1.29 is 9.59 Å². The second-order valence-electron chi connectivity index (χ2n) is 6.85. The largest absolute Gasteiger partial charge is 0.350 e. The van der Waals surface area contributed by atoms with Crippen LogP contribution in [-0.2, 0) is 4.79 Å². The summed E-state index contributed by atoms with van der Waals surface area (Å²) in [6.45, 7) is 11.3. The van der Waals surface area contributed by atoms with Crippen LogP contribution in [0.15, 0.2) is 29.4 Å². The first kappa shape index (κ1) is 18.9. The highest BCUT2D eigenvalue weighted by Gasteiger charge is 2.36. The van der Waals surface area contributed by atoms with Gasteiger partial charge < -0.3 is 10.6 Å². The number of primary amides is 1. The first-order chi connectivity index (χ1) is 11.7. The monoisotopic (exact) mass is 345 g/mol. The summed E-state index contributed by atoms with van der Waals surface area (Å²) >= 11 is 0. The zero-order valence-electron chi connectivity index (χ0n) is 15.5. The van der Waals surface area contributed by atoms with Gasteiger partial charge in [-0.15, -0.1) is 0 Å². The van der Waals surface area contributed by atoms with E-state index in [1.54, 1.807) is 4.90 Å². The van der Waals surface area contributed by atoms with E-state index in [9.17, 15) is 9.59 Å². The van der Waals surface area contributed by atoms with E-state index in [1.807, 2.05) is 24.3 Å². The molecule has 25 heavy (non-hydrogen) atoms. The van der Waals surface area contributed by atoms with Crippen molar-refractivity contribution in [3.8, 4) is 0 Å². The average molecular weight is 345 g/mol. The van der Waals surface area contributed by atoms with Gasteiger partial charge in [-0.3, -0.25) is 9.69 Å². The molecule has 1 atom stereocenters. The fourth-order valence-corrected chi connectivity index (χ4v) is 3.63. The van der Waals surface area contributed by atoms with Gasteiger partial charge >= 0.3 is 6.03 Å². The maximum absolute atomic E-state index is 12.9. The minimum absolute atomic E-state index is 0.167. The van der Waals surface area contributed by atoms with Crippen LogP contribution >= 0.6 is 0 Å². The van der Waals surface area contributed by atoms with Crippen molar-refractivity contribution in [2.24, 2.45) is 10.8 Å². The number of hydrogen-bond acceptors (Lipinski definition) is 4. The molecule has 1 aromatic rings. The van der Waals surface area contributed by atoms with Crippen LogP contribution in [0.4, 0.5) is 10.5 Å². The van der Waals surface area contributed by atoms with Gasteiger partial charge in [0.15, 0.2) is 5.71 Å². The van der Waals surface area contributed by atoms with Gasteiger partial charge in [0.2, 0.25) is 0 Å². The van der Waals surface area contributed by atoms with Crippen molar-refractivity contribution in [3.05, 3.63) is 29.8 Å². The van der Waals surface area contributed by atoms with E-state index in [1.165, 1.54) is 0 Å². The number of nitrogens with one attached hydrogen (secondary N) is 1. The molecule has 1 aliphatic heterocycles. The summed E-state index contributed by atoms with van der Waals surface area (Å²) in [5.41, 5.74) is 8.95. The summed E-state index contributed by atoms with van der Waals surface area (Å²) < 4.78 is 0. The van der Waals surface area contributed by atoms with E-state index >= 15 is 0 Å². The maximum Gasteiger partial charge on any atom is 0.332 e. The van der Waals surface area contributed by atoms with Gasteiger partial charge in [0.1, 0.15) is 0 Å². The van der Waals surface area contributed by atoms with E-state index in [0.717, 1.165) is 5.69 Å². The fourth-order valence-electron chi connectivity index (χ4n) is 3.63. The highest BCUT2D eigenvalue weighted by Crippen LogP contribution is 2.30. The maximum atomic E-state index is 12.9. The van der Waals surface area contributed by atoms with Gasteiger partial charge in [0.05, 0.1) is 5.69 Å². The van der Waals surface area contributed by atoms with Gasteiger partial charge in [0, 0.05) is 30.2 Å². The molecule has 0 aromatic heterocycles. The third kappa shape index (κ3) is 3.99. The number of rotatable bonds is 6. The molecule has 0 aliphatic carbocycles. The molecular weight excluding hydrogens is 318 g/mol. The summed E-state index contributed by atoms with van der Waals surface area (Å²) in [5, 5.41) is 3.90. The number of urea groups is 1. The Morgan fingerprint density at radius 1 is 1.20 bits per heavy atom. The van der Waals surface area contributed by atoms with Gasteiger partial charge in [-0.1, -0.05) is 18.2 Å². The molecule has 1 unspecified atom stereocenters. The number of anilines is 1. The van der Waals surface area contributed by atoms with E-state index in [4.69, 9.17) is 5.73 Å². The first-order valence-corrected chi connectivity index (χ1v) is 8.55. The van der Waals surface area contributed by atoms with Crippen molar-refractivity contribution in [2.75, 3.05) is 11.4 Å². The van der Waals surface area contributed by atoms with E-state index in [0.29, 0.717) is 24.2 Å². The highest BCUT2D eigenvalue weighted by atomic mass is 16.2. The van der Waals surface area contributed by atoms with Crippen molar-refractivity contribution >= 4 is 23.3 Å². The molecule has 0 bridgehead atoms. The number of fused-ring (bicyclic) bond motifs is 1. The molecule has 0 fully saturated rings. The summed E-state index contributed by atoms with van der Waals surface area (Å²) in [6.07, 6.45) is 0. The SMILES string of the molecule is CC(C)N(C(C)C)C(C)CN1C(=O)C(=NNC(N)=O)c2ccccc21. The molecule has 0 spiro atoms. The molecule has 7 nitrogen and oxygen atoms in total. The van der Waals surface area contributed by atoms with Crippen molar-refractivity contribution in [1.29, 1.82) is 0 Å². The first-order valence-electron chi connectivity index (χ1n) is 8.55. The molecular formula is C18H27N5O2. The number of amides is 3. The van der Waals surface area contributed by atoms with Gasteiger partial charge in [-0.25, -0.2) is 10.2 Å². The summed E-state index contributed by atoms with van der Waals surface area (Å²) in [4.78, 5) is 27.9. The smallest absolute Gasteiger partial charge is 0.332 e. The van der Waals surface area contributed by atoms with E-state index < -0.39 is 6.03 Å². The van der Waals surface area contributed by atoms with Crippen molar-refractivity contribution in [2.45, 2.75) is 52.7 Å². The van der Waals surface area contributed by atoms with Gasteiger partial charge in [-0.05, 0) is 40.7 Å². The quantitative estimate of drug-likeness (QED) is 0.772. The fraction of sp³-hybridized carbons (Fsp3) is 0.500. The standard InChI is InChI=1S/C18H27N5O2/c1-11(2)23(12(3)4)13(5)10-22-15-9-7-6-8-14(15)16(17(22)24)20-21-18(19)25/h6-9,11-13H,10H2,1-5H3,(H3,19,21,25). The Kier molecular flexibility index (Phi) is 5.79. The Morgan fingerprint density at radius 3 is 2.36 bits per heavy atom. The van der Waals surface area contributed by atoms with Crippen LogP contribution in [0.3, 0.4) is 0 Å². The van der Waals surface area contributed by atoms with Crippen LogP contribution in [0.2, 0.25) is 0 Å². The summed E-state index contributed by atoms with van der Waals surface area (Å²) in [6, 6.07) is 7.55. The molecule has 3 N–H and O–H groups in total. The molecule has 0 saturated heterocycles. The van der Waals surface area contributed by atoms with Crippen molar-refractivity contribution in [3.63, 3.8) is 0 Å². The molecule has 136 valence electrons.